The summed E-state index contributed by atoms with van der Waals surface area (Å²) in [4.78, 5) is 2.18. The standard InChI is InChI=1S/C18H20ClN3O.C6H5Cl/c19-17-12-16(13-20)6-7-18(17)21-8-9-22(10-11-23)14-15-4-2-1-3-5-15;7-6-4-2-1-3-5-6/h1-7,12,21,23H,8-11,14H2;1-5H. The highest BCUT2D eigenvalue weighted by Gasteiger charge is 2.06. The van der Waals surface area contributed by atoms with Crippen LogP contribution in [0.5, 0.6) is 0 Å². The van der Waals surface area contributed by atoms with E-state index >= 15 is 0 Å². The van der Waals surface area contributed by atoms with Gasteiger partial charge < -0.3 is 10.4 Å². The third-order valence-corrected chi connectivity index (χ3v) is 4.80. The zero-order valence-corrected chi connectivity index (χ0v) is 18.2. The van der Waals surface area contributed by atoms with Gasteiger partial charge in [-0.05, 0) is 35.9 Å². The van der Waals surface area contributed by atoms with Gasteiger partial charge in [-0.25, -0.2) is 0 Å². The number of nitrogens with one attached hydrogen (secondary N) is 1. The number of nitrogens with zero attached hydrogens (tertiary/aromatic N) is 2. The van der Waals surface area contributed by atoms with Crippen molar-refractivity contribution in [2.45, 2.75) is 6.54 Å². The van der Waals surface area contributed by atoms with Gasteiger partial charge in [0.25, 0.3) is 0 Å². The van der Waals surface area contributed by atoms with Crippen molar-refractivity contribution in [3.8, 4) is 6.07 Å². The zero-order valence-electron chi connectivity index (χ0n) is 16.6. The Bertz CT molecular complexity index is 915. The Morgan fingerprint density at radius 2 is 1.57 bits per heavy atom. The quantitative estimate of drug-likeness (QED) is 0.487. The van der Waals surface area contributed by atoms with Crippen molar-refractivity contribution in [1.82, 2.24) is 4.90 Å². The van der Waals surface area contributed by atoms with Crippen molar-refractivity contribution in [3.63, 3.8) is 0 Å². The van der Waals surface area contributed by atoms with Gasteiger partial charge in [0, 0.05) is 31.2 Å². The van der Waals surface area contributed by atoms with Gasteiger partial charge >= 0.3 is 0 Å². The van der Waals surface area contributed by atoms with Crippen LogP contribution in [0.25, 0.3) is 0 Å². The first-order valence-corrected chi connectivity index (χ1v) is 10.4. The summed E-state index contributed by atoms with van der Waals surface area (Å²) in [5.41, 5.74) is 2.58. The SMILES string of the molecule is Clc1ccccc1.N#Cc1ccc(NCCN(CCO)Cc2ccccc2)c(Cl)c1. The third-order valence-electron chi connectivity index (χ3n) is 4.24. The van der Waals surface area contributed by atoms with E-state index in [0.29, 0.717) is 23.7 Å². The molecule has 0 aromatic heterocycles. The fraction of sp³-hybridized carbons (Fsp3) is 0.208. The smallest absolute Gasteiger partial charge is 0.0992 e. The van der Waals surface area contributed by atoms with Crippen LogP contribution in [-0.2, 0) is 6.54 Å². The lowest BCUT2D eigenvalue weighted by Crippen LogP contribution is -2.31. The summed E-state index contributed by atoms with van der Waals surface area (Å²) in [6.45, 7) is 3.04. The van der Waals surface area contributed by atoms with Crippen molar-refractivity contribution in [1.29, 1.82) is 5.26 Å². The average Bonchev–Trinajstić information content (AvgIpc) is 2.76. The molecule has 2 N–H and O–H groups in total. The summed E-state index contributed by atoms with van der Waals surface area (Å²) in [7, 11) is 0. The molecule has 0 fully saturated rings. The molecule has 0 bridgehead atoms. The second-order valence-corrected chi connectivity index (χ2v) is 7.36. The lowest BCUT2D eigenvalue weighted by molar-refractivity contribution is 0.195. The van der Waals surface area contributed by atoms with E-state index < -0.39 is 0 Å². The van der Waals surface area contributed by atoms with Gasteiger partial charge in [-0.15, -0.1) is 0 Å². The highest BCUT2D eigenvalue weighted by atomic mass is 35.5. The van der Waals surface area contributed by atoms with Crippen LogP contribution in [0.15, 0.2) is 78.9 Å². The number of halogens is 2. The van der Waals surface area contributed by atoms with Crippen LogP contribution in [-0.4, -0.2) is 36.2 Å². The highest BCUT2D eigenvalue weighted by molar-refractivity contribution is 6.33. The molecule has 0 amide bonds. The molecule has 156 valence electrons. The maximum absolute atomic E-state index is 9.22. The van der Waals surface area contributed by atoms with Gasteiger partial charge in [-0.2, -0.15) is 5.26 Å². The third kappa shape index (κ3) is 8.86. The molecule has 0 atom stereocenters. The Balaban J connectivity index is 0.000000386. The first-order chi connectivity index (χ1) is 14.6. The van der Waals surface area contributed by atoms with Crippen LogP contribution in [0, 0.1) is 11.3 Å². The number of benzene rings is 3. The molecule has 0 aliphatic rings. The van der Waals surface area contributed by atoms with Gasteiger partial charge in [-0.1, -0.05) is 71.7 Å². The molecule has 0 aliphatic heterocycles. The fourth-order valence-corrected chi connectivity index (χ4v) is 3.14. The van der Waals surface area contributed by atoms with Crippen molar-refractivity contribution in [2.24, 2.45) is 0 Å². The molecule has 0 spiro atoms. The molecule has 0 aliphatic carbocycles. The lowest BCUT2D eigenvalue weighted by Gasteiger charge is -2.22. The number of hydrogen-bond donors (Lipinski definition) is 2. The molecule has 6 heteroatoms. The van der Waals surface area contributed by atoms with E-state index in [1.54, 1.807) is 12.1 Å². The largest absolute Gasteiger partial charge is 0.395 e. The summed E-state index contributed by atoms with van der Waals surface area (Å²) >= 11 is 11.7. The second-order valence-electron chi connectivity index (χ2n) is 6.51. The molecule has 0 saturated heterocycles. The second kappa shape index (κ2) is 13.6. The number of aliphatic hydroxyl groups is 1. The minimum absolute atomic E-state index is 0.129. The fourth-order valence-electron chi connectivity index (χ4n) is 2.74. The normalized spacial score (nSPS) is 10.1. The molecule has 0 radical (unpaired) electrons. The van der Waals surface area contributed by atoms with E-state index in [-0.39, 0.29) is 6.61 Å². The van der Waals surface area contributed by atoms with Crippen LogP contribution in [0.3, 0.4) is 0 Å². The average molecular weight is 442 g/mol. The van der Waals surface area contributed by atoms with E-state index in [4.69, 9.17) is 28.5 Å². The molecule has 0 saturated carbocycles. The number of rotatable bonds is 8. The maximum Gasteiger partial charge on any atom is 0.0992 e. The topological polar surface area (TPSA) is 59.3 Å². The summed E-state index contributed by atoms with van der Waals surface area (Å²) in [5, 5.41) is 22.7. The zero-order chi connectivity index (χ0) is 21.6. The Hall–Kier alpha value is -2.55. The van der Waals surface area contributed by atoms with Gasteiger partial charge in [0.15, 0.2) is 0 Å². The van der Waals surface area contributed by atoms with Gasteiger partial charge in [0.1, 0.15) is 0 Å². The number of nitriles is 1. The molecule has 3 aromatic carbocycles. The predicted octanol–water partition coefficient (Wildman–Crippen LogP) is 5.46. The van der Waals surface area contributed by atoms with E-state index in [1.807, 2.05) is 54.6 Å². The predicted molar refractivity (Wildman–Crippen MR) is 125 cm³/mol. The van der Waals surface area contributed by atoms with E-state index in [0.717, 1.165) is 23.8 Å². The van der Waals surface area contributed by atoms with Crippen LogP contribution in [0.2, 0.25) is 10.0 Å². The minimum atomic E-state index is 0.129. The summed E-state index contributed by atoms with van der Waals surface area (Å²) in [6, 6.07) is 26.9. The molecule has 0 unspecified atom stereocenters. The van der Waals surface area contributed by atoms with Crippen molar-refractivity contribution < 1.29 is 5.11 Å². The highest BCUT2D eigenvalue weighted by Crippen LogP contribution is 2.22. The number of aliphatic hydroxyl groups excluding tert-OH is 1. The summed E-state index contributed by atoms with van der Waals surface area (Å²) in [5.74, 6) is 0. The van der Waals surface area contributed by atoms with Crippen molar-refractivity contribution in [3.05, 3.63) is 100 Å². The van der Waals surface area contributed by atoms with E-state index in [2.05, 4.69) is 28.4 Å². The Labute approximate surface area is 188 Å². The molecule has 3 rings (SSSR count). The van der Waals surface area contributed by atoms with Crippen molar-refractivity contribution >= 4 is 28.9 Å². The van der Waals surface area contributed by atoms with Crippen LogP contribution in [0.4, 0.5) is 5.69 Å². The van der Waals surface area contributed by atoms with Crippen molar-refractivity contribution in [2.75, 3.05) is 31.6 Å². The summed E-state index contributed by atoms with van der Waals surface area (Å²) < 4.78 is 0. The number of hydrogen-bond acceptors (Lipinski definition) is 4. The van der Waals surface area contributed by atoms with Gasteiger partial charge in [0.05, 0.1) is 28.9 Å². The van der Waals surface area contributed by atoms with Crippen LogP contribution < -0.4 is 5.32 Å². The monoisotopic (exact) mass is 441 g/mol. The van der Waals surface area contributed by atoms with Crippen LogP contribution >= 0.6 is 23.2 Å². The molecule has 30 heavy (non-hydrogen) atoms. The first kappa shape index (κ1) is 23.7. The molecule has 3 aromatic rings. The summed E-state index contributed by atoms with van der Waals surface area (Å²) in [6.07, 6.45) is 0. The Morgan fingerprint density at radius 1 is 0.900 bits per heavy atom. The Morgan fingerprint density at radius 3 is 2.10 bits per heavy atom. The Kier molecular flexibility index (Phi) is 10.8. The van der Waals surface area contributed by atoms with E-state index in [1.165, 1.54) is 5.56 Å². The number of anilines is 1. The van der Waals surface area contributed by atoms with E-state index in [9.17, 15) is 5.11 Å². The molecular weight excluding hydrogens is 417 g/mol. The lowest BCUT2D eigenvalue weighted by atomic mass is 10.2. The first-order valence-electron chi connectivity index (χ1n) is 9.63. The molecular formula is C24H25Cl2N3O. The molecule has 0 heterocycles. The minimum Gasteiger partial charge on any atom is -0.395 e. The maximum atomic E-state index is 9.22. The van der Waals surface area contributed by atoms with Gasteiger partial charge in [-0.3, -0.25) is 4.90 Å². The van der Waals surface area contributed by atoms with Crippen LogP contribution in [0.1, 0.15) is 11.1 Å². The van der Waals surface area contributed by atoms with Gasteiger partial charge in [0.2, 0.25) is 0 Å². The molecule has 4 nitrogen and oxygen atoms in total.